The van der Waals surface area contributed by atoms with Gasteiger partial charge in [-0.2, -0.15) is 0 Å². The van der Waals surface area contributed by atoms with Gasteiger partial charge in [-0.25, -0.2) is 0 Å². The maximum Gasteiger partial charge on any atom is 0.283 e. The molecule has 3 nitrogen and oxygen atoms in total. The lowest BCUT2D eigenvalue weighted by atomic mass is 9.85. The smallest absolute Gasteiger partial charge is 0.283 e. The fourth-order valence-corrected chi connectivity index (χ4v) is 5.18. The van der Waals surface area contributed by atoms with Crippen molar-refractivity contribution in [3.8, 4) is 5.75 Å². The van der Waals surface area contributed by atoms with Crippen LogP contribution in [0.15, 0.2) is 17.0 Å². The number of carbonyl (C=O) groups is 1. The zero-order valence-corrected chi connectivity index (χ0v) is 23.8. The summed E-state index contributed by atoms with van der Waals surface area (Å²) in [5, 5.41) is 13.4. The number of amides is 1. The molecule has 4 heteroatoms. The van der Waals surface area contributed by atoms with Crippen LogP contribution in [0.5, 0.6) is 5.75 Å². The monoisotopic (exact) mass is 491 g/mol. The molecule has 0 saturated carbocycles. The lowest BCUT2D eigenvalue weighted by Crippen LogP contribution is -2.19. The van der Waals surface area contributed by atoms with Crippen LogP contribution < -0.4 is 5.32 Å². The molecule has 34 heavy (non-hydrogen) atoms. The number of phenols is 1. The Balaban J connectivity index is 2.00. The summed E-state index contributed by atoms with van der Waals surface area (Å²) >= 11 is 1.22. The van der Waals surface area contributed by atoms with Crippen LogP contribution in [0.1, 0.15) is 142 Å². The van der Waals surface area contributed by atoms with Crippen LogP contribution in [0.2, 0.25) is 0 Å². The van der Waals surface area contributed by atoms with Gasteiger partial charge in [0.25, 0.3) is 5.24 Å². The average Bonchev–Trinajstić information content (AvgIpc) is 2.77. The van der Waals surface area contributed by atoms with Crippen LogP contribution in [0.4, 0.5) is 4.79 Å². The van der Waals surface area contributed by atoms with E-state index < -0.39 is 0 Å². The first kappa shape index (κ1) is 30.9. The number of benzene rings is 1. The lowest BCUT2D eigenvalue weighted by molar-refractivity contribution is 0.260. The summed E-state index contributed by atoms with van der Waals surface area (Å²) < 4.78 is 0. The predicted octanol–water partition coefficient (Wildman–Crippen LogP) is 10.1. The van der Waals surface area contributed by atoms with Crippen LogP contribution in [-0.2, 0) is 5.41 Å². The molecule has 1 rings (SSSR count). The number of hydrogen-bond donors (Lipinski definition) is 2. The van der Waals surface area contributed by atoms with E-state index in [0.717, 1.165) is 29.0 Å². The summed E-state index contributed by atoms with van der Waals surface area (Å²) in [6.45, 7) is 11.1. The number of thioether (sulfide) groups is 1. The number of nitrogens with one attached hydrogen (secondary N) is 1. The molecule has 1 aromatic rings. The largest absolute Gasteiger partial charge is 0.507 e. The van der Waals surface area contributed by atoms with Crippen LogP contribution in [-0.4, -0.2) is 16.9 Å². The topological polar surface area (TPSA) is 49.3 Å². The van der Waals surface area contributed by atoms with E-state index >= 15 is 0 Å². The Kier molecular flexibility index (Phi) is 16.5. The van der Waals surface area contributed by atoms with Crippen LogP contribution >= 0.6 is 11.8 Å². The highest BCUT2D eigenvalue weighted by Crippen LogP contribution is 2.36. The number of aromatic hydroxyl groups is 1. The minimum Gasteiger partial charge on any atom is -0.507 e. The predicted molar refractivity (Wildman–Crippen MR) is 150 cm³/mol. The van der Waals surface area contributed by atoms with Crippen LogP contribution in [0, 0.1) is 6.92 Å². The molecule has 0 unspecified atom stereocenters. The van der Waals surface area contributed by atoms with Crippen molar-refractivity contribution in [2.75, 3.05) is 6.54 Å². The Hall–Kier alpha value is -1.16. The first-order valence-corrected chi connectivity index (χ1v) is 14.9. The van der Waals surface area contributed by atoms with Crippen LogP contribution in [0.25, 0.3) is 0 Å². The maximum absolute atomic E-state index is 12.3. The van der Waals surface area contributed by atoms with Crippen molar-refractivity contribution >= 4 is 17.0 Å². The molecule has 0 aliphatic heterocycles. The maximum atomic E-state index is 12.3. The van der Waals surface area contributed by atoms with E-state index in [4.69, 9.17) is 0 Å². The molecule has 0 radical (unpaired) electrons. The van der Waals surface area contributed by atoms with Crippen LogP contribution in [0.3, 0.4) is 0 Å². The summed E-state index contributed by atoms with van der Waals surface area (Å²) in [7, 11) is 0. The van der Waals surface area contributed by atoms with Crippen molar-refractivity contribution in [1.82, 2.24) is 5.32 Å². The van der Waals surface area contributed by atoms with Crippen molar-refractivity contribution < 1.29 is 9.90 Å². The van der Waals surface area contributed by atoms with E-state index in [1.165, 1.54) is 108 Å². The van der Waals surface area contributed by atoms with Crippen molar-refractivity contribution in [2.45, 2.75) is 148 Å². The number of hydrogen-bond acceptors (Lipinski definition) is 3. The summed E-state index contributed by atoms with van der Waals surface area (Å²) in [5.74, 6) is 0.338. The number of aryl methyl sites for hydroxylation is 1. The molecule has 0 heterocycles. The Morgan fingerprint density at radius 1 is 0.794 bits per heavy atom. The van der Waals surface area contributed by atoms with Gasteiger partial charge in [0.05, 0.1) is 0 Å². The van der Waals surface area contributed by atoms with E-state index in [-0.39, 0.29) is 10.7 Å². The summed E-state index contributed by atoms with van der Waals surface area (Å²) in [5.41, 5.74) is 1.55. The Morgan fingerprint density at radius 3 is 1.68 bits per heavy atom. The van der Waals surface area contributed by atoms with Gasteiger partial charge < -0.3 is 10.4 Å². The standard InChI is InChI=1S/C30H53NO2S/c1-6-7-8-9-10-11-12-13-14-15-16-17-18-19-20-21-22-31-29(33)34-26-23-25(2)28(32)27(24-26)30(3,4)5/h23-24,32H,6-22H2,1-5H3,(H,31,33). The quantitative estimate of drug-likeness (QED) is 0.159. The third-order valence-electron chi connectivity index (χ3n) is 6.59. The summed E-state index contributed by atoms with van der Waals surface area (Å²) in [6.07, 6.45) is 21.7. The van der Waals surface area contributed by atoms with Gasteiger partial charge in [0, 0.05) is 17.0 Å². The summed E-state index contributed by atoms with van der Waals surface area (Å²) in [6, 6.07) is 3.84. The molecule has 0 aliphatic rings. The Morgan fingerprint density at radius 2 is 1.24 bits per heavy atom. The number of carbonyl (C=O) groups excluding carboxylic acids is 1. The third-order valence-corrected chi connectivity index (χ3v) is 7.39. The van der Waals surface area contributed by atoms with Crippen molar-refractivity contribution in [3.05, 3.63) is 23.3 Å². The number of rotatable bonds is 18. The van der Waals surface area contributed by atoms with Crippen molar-refractivity contribution in [2.24, 2.45) is 0 Å². The highest BCUT2D eigenvalue weighted by atomic mass is 32.2. The fourth-order valence-electron chi connectivity index (χ4n) is 4.38. The van der Waals surface area contributed by atoms with E-state index in [2.05, 4.69) is 33.0 Å². The van der Waals surface area contributed by atoms with E-state index in [9.17, 15) is 9.90 Å². The molecular formula is C30H53NO2S. The van der Waals surface area contributed by atoms with E-state index in [1.54, 1.807) is 0 Å². The molecule has 0 aliphatic carbocycles. The second-order valence-electron chi connectivity index (χ2n) is 11.0. The molecule has 0 saturated heterocycles. The second-order valence-corrected chi connectivity index (χ2v) is 12.1. The van der Waals surface area contributed by atoms with Gasteiger partial charge >= 0.3 is 0 Å². The van der Waals surface area contributed by atoms with Gasteiger partial charge in [-0.1, -0.05) is 124 Å². The molecule has 0 aromatic heterocycles. The van der Waals surface area contributed by atoms with Gasteiger partial charge in [-0.3, -0.25) is 4.79 Å². The molecule has 1 aromatic carbocycles. The molecule has 1 amide bonds. The van der Waals surface area contributed by atoms with Gasteiger partial charge in [0.2, 0.25) is 0 Å². The highest BCUT2D eigenvalue weighted by Gasteiger charge is 2.21. The molecule has 0 atom stereocenters. The second kappa shape index (κ2) is 18.2. The van der Waals surface area contributed by atoms with Crippen molar-refractivity contribution in [1.29, 1.82) is 0 Å². The Labute approximate surface area is 215 Å². The van der Waals surface area contributed by atoms with Gasteiger partial charge in [0.1, 0.15) is 5.75 Å². The Bertz CT molecular complexity index is 681. The molecular weight excluding hydrogens is 438 g/mol. The first-order valence-electron chi connectivity index (χ1n) is 14.1. The molecule has 196 valence electrons. The zero-order valence-electron chi connectivity index (χ0n) is 22.9. The molecule has 2 N–H and O–H groups in total. The van der Waals surface area contributed by atoms with Gasteiger partial charge in [-0.05, 0) is 48.2 Å². The third kappa shape index (κ3) is 14.3. The normalized spacial score (nSPS) is 11.7. The molecule has 0 spiro atoms. The molecule has 0 bridgehead atoms. The minimum absolute atomic E-state index is 0.00842. The number of unbranched alkanes of at least 4 members (excludes halogenated alkanes) is 15. The zero-order chi connectivity index (χ0) is 25.2. The average molecular weight is 492 g/mol. The minimum atomic E-state index is -0.157. The van der Waals surface area contributed by atoms with Gasteiger partial charge in [0.15, 0.2) is 0 Å². The van der Waals surface area contributed by atoms with Gasteiger partial charge in [-0.15, -0.1) is 0 Å². The van der Waals surface area contributed by atoms with E-state index in [1.807, 2.05) is 19.1 Å². The van der Waals surface area contributed by atoms with E-state index in [0.29, 0.717) is 5.75 Å². The molecule has 0 fully saturated rings. The SMILES string of the molecule is CCCCCCCCCCCCCCCCCCNC(=O)Sc1cc(C)c(O)c(C(C)(C)C)c1. The lowest BCUT2D eigenvalue weighted by Gasteiger charge is -2.22. The number of phenolic OH excluding ortho intramolecular Hbond substituents is 1. The highest BCUT2D eigenvalue weighted by molar-refractivity contribution is 8.13. The van der Waals surface area contributed by atoms with Crippen molar-refractivity contribution in [3.63, 3.8) is 0 Å². The first-order chi connectivity index (χ1) is 16.3. The fraction of sp³-hybridized carbons (Fsp3) is 0.767. The summed E-state index contributed by atoms with van der Waals surface area (Å²) in [4.78, 5) is 13.2.